The first-order chi connectivity index (χ1) is 11.5. The predicted molar refractivity (Wildman–Crippen MR) is 85.8 cm³/mol. The zero-order valence-electron chi connectivity index (χ0n) is 12.6. The average molecular weight is 335 g/mol. The van der Waals surface area contributed by atoms with Crippen molar-refractivity contribution in [2.24, 2.45) is 0 Å². The van der Waals surface area contributed by atoms with Gasteiger partial charge in [0.15, 0.2) is 0 Å². The van der Waals surface area contributed by atoms with Gasteiger partial charge in [0.25, 0.3) is 5.69 Å². The van der Waals surface area contributed by atoms with Crippen LogP contribution in [-0.2, 0) is 4.79 Å². The van der Waals surface area contributed by atoms with Crippen LogP contribution in [0.25, 0.3) is 0 Å². The van der Waals surface area contributed by atoms with Crippen molar-refractivity contribution < 1.29 is 18.5 Å². The summed E-state index contributed by atoms with van der Waals surface area (Å²) in [7, 11) is 0. The van der Waals surface area contributed by atoms with Crippen LogP contribution in [0.4, 0.5) is 25.8 Å². The zero-order valence-corrected chi connectivity index (χ0v) is 12.6. The number of benzene rings is 2. The lowest BCUT2D eigenvalue weighted by molar-refractivity contribution is -0.384. The maximum atomic E-state index is 13.4. The normalized spacial score (nSPS) is 10.2. The molecule has 0 heterocycles. The lowest BCUT2D eigenvalue weighted by atomic mass is 10.2. The highest BCUT2D eigenvalue weighted by atomic mass is 19.1. The van der Waals surface area contributed by atoms with Gasteiger partial charge in [0.05, 0.1) is 10.6 Å². The molecule has 0 aliphatic heterocycles. The van der Waals surface area contributed by atoms with Gasteiger partial charge in [0.1, 0.15) is 17.3 Å². The van der Waals surface area contributed by atoms with E-state index in [1.165, 1.54) is 6.07 Å². The third-order valence-corrected chi connectivity index (χ3v) is 3.20. The summed E-state index contributed by atoms with van der Waals surface area (Å²) in [4.78, 5) is 22.1. The van der Waals surface area contributed by atoms with Crippen molar-refractivity contribution in [3.8, 4) is 0 Å². The van der Waals surface area contributed by atoms with Crippen LogP contribution in [0.5, 0.6) is 0 Å². The van der Waals surface area contributed by atoms with E-state index in [1.807, 2.05) is 0 Å². The molecule has 0 radical (unpaired) electrons. The van der Waals surface area contributed by atoms with Crippen LogP contribution in [0.1, 0.15) is 12.8 Å². The summed E-state index contributed by atoms with van der Waals surface area (Å²) in [5, 5.41) is 16.1. The smallest absolute Gasteiger partial charge is 0.292 e. The Morgan fingerprint density at radius 1 is 1.12 bits per heavy atom. The molecule has 8 heteroatoms. The van der Waals surface area contributed by atoms with Crippen molar-refractivity contribution in [3.05, 3.63) is 64.2 Å². The maximum absolute atomic E-state index is 13.4. The number of carbonyl (C=O) groups is 1. The molecule has 2 aromatic rings. The number of hydrogen-bond acceptors (Lipinski definition) is 4. The molecular weight excluding hydrogens is 320 g/mol. The largest absolute Gasteiger partial charge is 0.379 e. The van der Waals surface area contributed by atoms with E-state index in [-0.39, 0.29) is 17.8 Å². The zero-order chi connectivity index (χ0) is 17.5. The fourth-order valence-electron chi connectivity index (χ4n) is 2.06. The lowest BCUT2D eigenvalue weighted by Crippen LogP contribution is -2.14. The Bertz CT molecular complexity index is 753. The van der Waals surface area contributed by atoms with Gasteiger partial charge in [-0.3, -0.25) is 14.9 Å². The Morgan fingerprint density at radius 3 is 2.58 bits per heavy atom. The molecule has 1 amide bonds. The summed E-state index contributed by atoms with van der Waals surface area (Å²) in [5.74, 6) is -1.99. The maximum Gasteiger partial charge on any atom is 0.292 e. The molecule has 0 atom stereocenters. The van der Waals surface area contributed by atoms with E-state index in [2.05, 4.69) is 10.6 Å². The number of nitro groups is 1. The number of nitrogens with one attached hydrogen (secondary N) is 2. The van der Waals surface area contributed by atoms with Crippen LogP contribution in [0.3, 0.4) is 0 Å². The Morgan fingerprint density at radius 2 is 1.88 bits per heavy atom. The van der Waals surface area contributed by atoms with Gasteiger partial charge >= 0.3 is 0 Å². The molecule has 0 unspecified atom stereocenters. The lowest BCUT2D eigenvalue weighted by Gasteiger charge is -2.08. The van der Waals surface area contributed by atoms with E-state index < -0.39 is 22.5 Å². The Kier molecular flexibility index (Phi) is 5.78. The van der Waals surface area contributed by atoms with Crippen molar-refractivity contribution in [3.63, 3.8) is 0 Å². The van der Waals surface area contributed by atoms with Gasteiger partial charge in [-0.25, -0.2) is 8.78 Å². The molecule has 0 aliphatic carbocycles. The van der Waals surface area contributed by atoms with Crippen molar-refractivity contribution in [1.82, 2.24) is 0 Å². The van der Waals surface area contributed by atoms with E-state index in [4.69, 9.17) is 0 Å². The van der Waals surface area contributed by atoms with Gasteiger partial charge in [-0.2, -0.15) is 0 Å². The quantitative estimate of drug-likeness (QED) is 0.459. The molecule has 0 saturated heterocycles. The highest BCUT2D eigenvalue weighted by Crippen LogP contribution is 2.23. The van der Waals surface area contributed by atoms with Gasteiger partial charge in [-0.1, -0.05) is 12.1 Å². The molecule has 6 nitrogen and oxygen atoms in total. The first kappa shape index (κ1) is 17.3. The minimum atomic E-state index is -0.846. The minimum Gasteiger partial charge on any atom is -0.379 e. The molecule has 0 aliphatic rings. The third-order valence-electron chi connectivity index (χ3n) is 3.20. The number of para-hydroxylation sites is 2. The molecule has 2 rings (SSSR count). The standard InChI is InChI=1S/C16H15F2N3O3/c17-11-7-8-13(12(18)10-11)20-16(22)6-3-9-19-14-4-1-2-5-15(14)21(23)24/h1-2,4-5,7-8,10,19H,3,6,9H2,(H,20,22). The highest BCUT2D eigenvalue weighted by Gasteiger charge is 2.12. The Balaban J connectivity index is 1.80. The molecule has 2 aromatic carbocycles. The van der Waals surface area contributed by atoms with Crippen LogP contribution in [0.15, 0.2) is 42.5 Å². The summed E-state index contributed by atoms with van der Waals surface area (Å²) in [6, 6.07) is 9.07. The van der Waals surface area contributed by atoms with Gasteiger partial charge in [0, 0.05) is 25.1 Å². The second-order valence-electron chi connectivity index (χ2n) is 4.98. The number of nitrogens with zero attached hydrogens (tertiary/aromatic N) is 1. The van der Waals surface area contributed by atoms with E-state index in [1.54, 1.807) is 18.2 Å². The van der Waals surface area contributed by atoms with Gasteiger partial charge in [-0.05, 0) is 24.6 Å². The highest BCUT2D eigenvalue weighted by molar-refractivity contribution is 5.90. The summed E-state index contributed by atoms with van der Waals surface area (Å²) in [6.07, 6.45) is 0.477. The van der Waals surface area contributed by atoms with Crippen LogP contribution in [-0.4, -0.2) is 17.4 Å². The molecule has 0 bridgehead atoms. The number of hydrogen-bond donors (Lipinski definition) is 2. The number of halogens is 2. The van der Waals surface area contributed by atoms with Crippen molar-refractivity contribution >= 4 is 23.0 Å². The first-order valence-corrected chi connectivity index (χ1v) is 7.19. The van der Waals surface area contributed by atoms with Crippen LogP contribution in [0, 0.1) is 21.7 Å². The molecule has 0 saturated carbocycles. The van der Waals surface area contributed by atoms with Crippen LogP contribution >= 0.6 is 0 Å². The summed E-state index contributed by atoms with van der Waals surface area (Å²) < 4.78 is 26.2. The van der Waals surface area contributed by atoms with E-state index in [0.29, 0.717) is 24.7 Å². The van der Waals surface area contributed by atoms with E-state index in [0.717, 1.165) is 12.1 Å². The second kappa shape index (κ2) is 8.00. The average Bonchev–Trinajstić information content (AvgIpc) is 2.54. The molecule has 0 spiro atoms. The fourth-order valence-corrected chi connectivity index (χ4v) is 2.06. The molecule has 24 heavy (non-hydrogen) atoms. The van der Waals surface area contributed by atoms with Gasteiger partial charge in [0.2, 0.25) is 5.91 Å². The fraction of sp³-hybridized carbons (Fsp3) is 0.188. The number of nitro benzene ring substituents is 1. The number of rotatable bonds is 7. The number of anilines is 2. The summed E-state index contributed by atoms with van der Waals surface area (Å²) in [6.45, 7) is 0.337. The number of carbonyl (C=O) groups excluding carboxylic acids is 1. The van der Waals surface area contributed by atoms with E-state index in [9.17, 15) is 23.7 Å². The number of amides is 1. The van der Waals surface area contributed by atoms with Crippen molar-refractivity contribution in [2.45, 2.75) is 12.8 Å². The Hall–Kier alpha value is -3.03. The summed E-state index contributed by atoms with van der Waals surface area (Å²) in [5.41, 5.74) is 0.232. The van der Waals surface area contributed by atoms with Crippen LogP contribution in [0.2, 0.25) is 0 Å². The predicted octanol–water partition coefficient (Wildman–Crippen LogP) is 3.70. The van der Waals surface area contributed by atoms with E-state index >= 15 is 0 Å². The van der Waals surface area contributed by atoms with Gasteiger partial charge in [-0.15, -0.1) is 0 Å². The molecule has 2 N–H and O–H groups in total. The second-order valence-corrected chi connectivity index (χ2v) is 4.98. The SMILES string of the molecule is O=C(CCCNc1ccccc1[N+](=O)[O-])Nc1ccc(F)cc1F. The van der Waals surface area contributed by atoms with Crippen molar-refractivity contribution in [2.75, 3.05) is 17.2 Å². The summed E-state index contributed by atoms with van der Waals surface area (Å²) >= 11 is 0. The molecule has 0 fully saturated rings. The topological polar surface area (TPSA) is 84.3 Å². The molecule has 126 valence electrons. The monoisotopic (exact) mass is 335 g/mol. The Labute approximate surface area is 136 Å². The first-order valence-electron chi connectivity index (χ1n) is 7.19. The minimum absolute atomic E-state index is 0.0460. The van der Waals surface area contributed by atoms with Crippen molar-refractivity contribution in [1.29, 1.82) is 0 Å². The molecular formula is C16H15F2N3O3. The molecule has 0 aromatic heterocycles. The van der Waals surface area contributed by atoms with Gasteiger partial charge < -0.3 is 10.6 Å². The van der Waals surface area contributed by atoms with Crippen LogP contribution < -0.4 is 10.6 Å². The third kappa shape index (κ3) is 4.73.